The Morgan fingerprint density at radius 1 is 1.46 bits per heavy atom. The molecule has 0 bridgehead atoms. The molecule has 0 nitrogen and oxygen atoms in total. The van der Waals surface area contributed by atoms with Gasteiger partial charge in [-0.2, -0.15) is 0 Å². The molecule has 13 heavy (non-hydrogen) atoms. The van der Waals surface area contributed by atoms with Gasteiger partial charge in [0.15, 0.2) is 0 Å². The van der Waals surface area contributed by atoms with Crippen molar-refractivity contribution in [2.45, 2.75) is 20.3 Å². The van der Waals surface area contributed by atoms with Crippen molar-refractivity contribution in [3.05, 3.63) is 54.1 Å². The van der Waals surface area contributed by atoms with Gasteiger partial charge in [-0.15, -0.1) is 0 Å². The quantitative estimate of drug-likeness (QED) is 0.608. The second-order valence-electron chi connectivity index (χ2n) is 3.08. The van der Waals surface area contributed by atoms with Gasteiger partial charge in [-0.3, -0.25) is 0 Å². The van der Waals surface area contributed by atoms with Crippen molar-refractivity contribution < 1.29 is 0 Å². The number of rotatable bonds is 3. The third-order valence-corrected chi connectivity index (χ3v) is 2.07. The van der Waals surface area contributed by atoms with E-state index in [0.29, 0.717) is 0 Å². The average Bonchev–Trinajstić information content (AvgIpc) is 2.18. The van der Waals surface area contributed by atoms with Crippen LogP contribution in [0.3, 0.4) is 0 Å². The van der Waals surface area contributed by atoms with E-state index >= 15 is 0 Å². The molecular weight excluding hydrogens is 156 g/mol. The van der Waals surface area contributed by atoms with Gasteiger partial charge >= 0.3 is 0 Å². The van der Waals surface area contributed by atoms with Gasteiger partial charge in [0.2, 0.25) is 0 Å². The van der Waals surface area contributed by atoms with E-state index in [9.17, 15) is 0 Å². The zero-order valence-electron chi connectivity index (χ0n) is 8.38. The molecule has 0 amide bonds. The Hall–Kier alpha value is -1.30. The van der Waals surface area contributed by atoms with Crippen LogP contribution in [-0.4, -0.2) is 0 Å². The van der Waals surface area contributed by atoms with Crippen LogP contribution in [0.1, 0.15) is 25.0 Å². The van der Waals surface area contributed by atoms with Gasteiger partial charge < -0.3 is 0 Å². The SMILES string of the molecule is C=C(C=CC)c1cccc(CC)c1. The highest BCUT2D eigenvalue weighted by atomic mass is 14.0. The molecule has 0 aromatic heterocycles. The summed E-state index contributed by atoms with van der Waals surface area (Å²) in [6, 6.07) is 8.53. The van der Waals surface area contributed by atoms with Crippen LogP contribution < -0.4 is 0 Å². The molecule has 0 saturated heterocycles. The molecule has 0 atom stereocenters. The van der Waals surface area contributed by atoms with Gasteiger partial charge in [0.05, 0.1) is 0 Å². The Kier molecular flexibility index (Phi) is 3.51. The standard InChI is InChI=1S/C13H16/c1-4-7-11(3)13-9-6-8-12(5-2)10-13/h4,6-10H,3,5H2,1-2H3. The minimum Gasteiger partial charge on any atom is -0.0912 e. The Balaban J connectivity index is 2.94. The first-order valence-corrected chi connectivity index (χ1v) is 4.68. The van der Waals surface area contributed by atoms with Gasteiger partial charge in [-0.25, -0.2) is 0 Å². The summed E-state index contributed by atoms with van der Waals surface area (Å²) in [7, 11) is 0. The molecule has 0 unspecified atom stereocenters. The normalized spacial score (nSPS) is 10.6. The van der Waals surface area contributed by atoms with Crippen molar-refractivity contribution in [3.63, 3.8) is 0 Å². The Bertz CT molecular complexity index is 319. The van der Waals surface area contributed by atoms with Gasteiger partial charge in [0, 0.05) is 0 Å². The van der Waals surface area contributed by atoms with E-state index in [2.05, 4.69) is 37.8 Å². The van der Waals surface area contributed by atoms with Gasteiger partial charge in [0.1, 0.15) is 0 Å². The van der Waals surface area contributed by atoms with Crippen LogP contribution in [0, 0.1) is 0 Å². The zero-order valence-corrected chi connectivity index (χ0v) is 8.38. The van der Waals surface area contributed by atoms with Crippen molar-refractivity contribution in [2.24, 2.45) is 0 Å². The monoisotopic (exact) mass is 172 g/mol. The lowest BCUT2D eigenvalue weighted by atomic mass is 10.0. The van der Waals surface area contributed by atoms with Crippen LogP contribution in [-0.2, 0) is 6.42 Å². The maximum atomic E-state index is 4.00. The molecule has 0 aliphatic heterocycles. The van der Waals surface area contributed by atoms with Gasteiger partial charge in [-0.05, 0) is 30.0 Å². The van der Waals surface area contributed by atoms with Gasteiger partial charge in [-0.1, -0.05) is 49.9 Å². The summed E-state index contributed by atoms with van der Waals surface area (Å²) in [6.45, 7) is 8.18. The van der Waals surface area contributed by atoms with Crippen molar-refractivity contribution in [1.29, 1.82) is 0 Å². The number of hydrogen-bond donors (Lipinski definition) is 0. The number of aryl methyl sites for hydroxylation is 1. The van der Waals surface area contributed by atoms with Gasteiger partial charge in [0.25, 0.3) is 0 Å². The largest absolute Gasteiger partial charge is 0.0912 e. The summed E-state index contributed by atoms with van der Waals surface area (Å²) in [6.07, 6.45) is 5.13. The van der Waals surface area contributed by atoms with E-state index in [1.54, 1.807) is 0 Å². The minimum atomic E-state index is 1.08. The third-order valence-electron chi connectivity index (χ3n) is 2.07. The fraction of sp³-hybridized carbons (Fsp3) is 0.231. The molecular formula is C13H16. The van der Waals surface area contributed by atoms with Crippen molar-refractivity contribution >= 4 is 5.57 Å². The fourth-order valence-corrected chi connectivity index (χ4v) is 1.29. The number of allylic oxidation sites excluding steroid dienone is 3. The van der Waals surface area contributed by atoms with Crippen LogP contribution >= 0.6 is 0 Å². The molecule has 1 rings (SSSR count). The first-order chi connectivity index (χ1) is 6.27. The number of benzene rings is 1. The summed E-state index contributed by atoms with van der Waals surface area (Å²) in [5, 5.41) is 0. The maximum absolute atomic E-state index is 4.00. The first-order valence-electron chi connectivity index (χ1n) is 4.68. The summed E-state index contributed by atoms with van der Waals surface area (Å²) in [5.74, 6) is 0. The summed E-state index contributed by atoms with van der Waals surface area (Å²) in [4.78, 5) is 0. The molecule has 1 aromatic carbocycles. The molecule has 0 heteroatoms. The molecule has 0 spiro atoms. The second-order valence-corrected chi connectivity index (χ2v) is 3.08. The van der Waals surface area contributed by atoms with E-state index in [4.69, 9.17) is 0 Å². The molecule has 0 radical (unpaired) electrons. The molecule has 0 aliphatic rings. The van der Waals surface area contributed by atoms with Crippen LogP contribution in [0.5, 0.6) is 0 Å². The smallest absolute Gasteiger partial charge is 0.0187 e. The minimum absolute atomic E-state index is 1.08. The lowest BCUT2D eigenvalue weighted by Crippen LogP contribution is -1.83. The molecule has 0 fully saturated rings. The Morgan fingerprint density at radius 3 is 2.85 bits per heavy atom. The molecule has 0 N–H and O–H groups in total. The second kappa shape index (κ2) is 4.66. The summed E-state index contributed by atoms with van der Waals surface area (Å²) in [5.41, 5.74) is 3.67. The van der Waals surface area contributed by atoms with E-state index in [1.807, 2.05) is 19.1 Å². The third kappa shape index (κ3) is 2.59. The molecule has 0 saturated carbocycles. The first kappa shape index (κ1) is 9.79. The lowest BCUT2D eigenvalue weighted by Gasteiger charge is -2.02. The lowest BCUT2D eigenvalue weighted by molar-refractivity contribution is 1.14. The maximum Gasteiger partial charge on any atom is -0.0187 e. The van der Waals surface area contributed by atoms with Crippen LogP contribution in [0.2, 0.25) is 0 Å². The molecule has 1 aromatic rings. The molecule has 0 aliphatic carbocycles. The fourth-order valence-electron chi connectivity index (χ4n) is 1.29. The van der Waals surface area contributed by atoms with E-state index < -0.39 is 0 Å². The highest BCUT2D eigenvalue weighted by Crippen LogP contribution is 2.15. The van der Waals surface area contributed by atoms with Crippen molar-refractivity contribution in [3.8, 4) is 0 Å². The average molecular weight is 172 g/mol. The topological polar surface area (TPSA) is 0 Å². The van der Waals surface area contributed by atoms with Crippen molar-refractivity contribution in [1.82, 2.24) is 0 Å². The zero-order chi connectivity index (χ0) is 9.68. The highest BCUT2D eigenvalue weighted by molar-refractivity contribution is 5.72. The van der Waals surface area contributed by atoms with Crippen LogP contribution in [0.25, 0.3) is 5.57 Å². The van der Waals surface area contributed by atoms with Crippen LogP contribution in [0.4, 0.5) is 0 Å². The predicted molar refractivity (Wildman–Crippen MR) is 59.7 cm³/mol. The Morgan fingerprint density at radius 2 is 2.23 bits per heavy atom. The predicted octanol–water partition coefficient (Wildman–Crippen LogP) is 3.84. The van der Waals surface area contributed by atoms with E-state index in [0.717, 1.165) is 12.0 Å². The van der Waals surface area contributed by atoms with Crippen molar-refractivity contribution in [2.75, 3.05) is 0 Å². The van der Waals surface area contributed by atoms with E-state index in [1.165, 1.54) is 11.1 Å². The highest BCUT2D eigenvalue weighted by Gasteiger charge is 1.95. The van der Waals surface area contributed by atoms with E-state index in [-0.39, 0.29) is 0 Å². The molecule has 68 valence electrons. The Labute approximate surface area is 80.6 Å². The summed E-state index contributed by atoms with van der Waals surface area (Å²) >= 11 is 0. The molecule has 0 heterocycles. The summed E-state index contributed by atoms with van der Waals surface area (Å²) < 4.78 is 0. The van der Waals surface area contributed by atoms with Crippen LogP contribution in [0.15, 0.2) is 43.0 Å². The number of hydrogen-bond acceptors (Lipinski definition) is 0.